The van der Waals surface area contributed by atoms with Crippen LogP contribution in [-0.4, -0.2) is 29.5 Å². The van der Waals surface area contributed by atoms with Gasteiger partial charge in [-0.25, -0.2) is 13.2 Å². The molecule has 2 atom stereocenters. The number of methoxy groups -OCH3 is 1. The Labute approximate surface area is 179 Å². The van der Waals surface area contributed by atoms with Gasteiger partial charge in [-0.15, -0.1) is 10.2 Å². The average molecular weight is 433 g/mol. The zero-order valence-corrected chi connectivity index (χ0v) is 17.5. The van der Waals surface area contributed by atoms with Crippen LogP contribution in [0.25, 0.3) is 11.3 Å². The summed E-state index contributed by atoms with van der Waals surface area (Å²) in [5, 5.41) is 7.87. The van der Waals surface area contributed by atoms with Gasteiger partial charge in [0.05, 0.1) is 23.9 Å². The van der Waals surface area contributed by atoms with Crippen LogP contribution in [-0.2, 0) is 21.6 Å². The molecule has 2 aromatic rings. The molecule has 2 aliphatic heterocycles. The van der Waals surface area contributed by atoms with E-state index in [9.17, 15) is 13.2 Å². The first kappa shape index (κ1) is 20.7. The van der Waals surface area contributed by atoms with Crippen LogP contribution in [0.5, 0.6) is 0 Å². The third-order valence-electron chi connectivity index (χ3n) is 6.88. The maximum Gasteiger partial charge on any atom is 0.152 e. The minimum Gasteiger partial charge on any atom is -0.382 e. The van der Waals surface area contributed by atoms with E-state index in [1.807, 2.05) is 0 Å². The van der Waals surface area contributed by atoms with Gasteiger partial charge in [-0.3, -0.25) is 0 Å². The summed E-state index contributed by atoms with van der Waals surface area (Å²) in [6.07, 6.45) is 7.13. The number of hydrogen-bond donors (Lipinski definition) is 1. The average Bonchev–Trinajstić information content (AvgIpc) is 3.35. The third kappa shape index (κ3) is 3.69. The van der Waals surface area contributed by atoms with E-state index in [-0.39, 0.29) is 34.8 Å². The van der Waals surface area contributed by atoms with Crippen LogP contribution in [0, 0.1) is 11.6 Å². The molecular weight excluding hydrogens is 407 g/mol. The molecule has 3 fully saturated rings. The summed E-state index contributed by atoms with van der Waals surface area (Å²) in [4.78, 5) is 0. The van der Waals surface area contributed by atoms with Crippen molar-refractivity contribution in [2.45, 2.75) is 75.3 Å². The summed E-state index contributed by atoms with van der Waals surface area (Å²) in [5.41, 5.74) is 5.66. The van der Waals surface area contributed by atoms with Crippen molar-refractivity contribution in [2.75, 3.05) is 12.8 Å². The number of nitrogen functional groups attached to an aromatic ring is 1. The van der Waals surface area contributed by atoms with E-state index < -0.39 is 17.3 Å². The Morgan fingerprint density at radius 1 is 1.10 bits per heavy atom. The first-order valence-corrected chi connectivity index (χ1v) is 10.9. The molecule has 1 aromatic heterocycles. The molecule has 1 saturated heterocycles. The Morgan fingerprint density at radius 2 is 1.81 bits per heavy atom. The van der Waals surface area contributed by atoms with Gasteiger partial charge in [0.25, 0.3) is 0 Å². The van der Waals surface area contributed by atoms with Gasteiger partial charge >= 0.3 is 0 Å². The Hall–Kier alpha value is -2.19. The number of hydrogen-bond acceptors (Lipinski definition) is 5. The lowest BCUT2D eigenvalue weighted by Gasteiger charge is -2.26. The van der Waals surface area contributed by atoms with E-state index in [1.165, 1.54) is 19.3 Å². The van der Waals surface area contributed by atoms with Gasteiger partial charge in [-0.05, 0) is 68.2 Å². The molecule has 2 aliphatic carbocycles. The molecule has 2 saturated carbocycles. The molecular formula is C23H26F3N3O2. The molecule has 1 aromatic carbocycles. The second kappa shape index (κ2) is 7.74. The molecule has 2 bridgehead atoms. The van der Waals surface area contributed by atoms with Gasteiger partial charge < -0.3 is 15.2 Å². The lowest BCUT2D eigenvalue weighted by Crippen LogP contribution is -2.22. The number of halogens is 3. The van der Waals surface area contributed by atoms with Crippen LogP contribution in [0.3, 0.4) is 0 Å². The van der Waals surface area contributed by atoms with Crippen molar-refractivity contribution in [1.29, 1.82) is 0 Å². The van der Waals surface area contributed by atoms with E-state index in [1.54, 1.807) is 7.11 Å². The Bertz CT molecular complexity index is 982. The van der Waals surface area contributed by atoms with Crippen LogP contribution >= 0.6 is 0 Å². The summed E-state index contributed by atoms with van der Waals surface area (Å²) in [6.45, 7) is 0. The van der Waals surface area contributed by atoms with Crippen molar-refractivity contribution in [3.8, 4) is 11.3 Å². The number of nitrogens with zero attached hydrogens (tertiary/aromatic N) is 2. The molecule has 5 nitrogen and oxygen atoms in total. The maximum atomic E-state index is 14.7. The largest absolute Gasteiger partial charge is 0.382 e. The topological polar surface area (TPSA) is 70.3 Å². The number of aromatic nitrogens is 2. The van der Waals surface area contributed by atoms with Crippen molar-refractivity contribution in [3.05, 3.63) is 40.5 Å². The first-order valence-electron chi connectivity index (χ1n) is 10.9. The number of benzene rings is 1. The lowest BCUT2D eigenvalue weighted by atomic mass is 9.93. The van der Waals surface area contributed by atoms with Crippen LogP contribution in [0.4, 0.5) is 19.0 Å². The van der Waals surface area contributed by atoms with Gasteiger partial charge in [0.15, 0.2) is 5.82 Å². The van der Waals surface area contributed by atoms with Crippen LogP contribution in [0.15, 0.2) is 12.1 Å². The van der Waals surface area contributed by atoms with Crippen molar-refractivity contribution >= 4 is 5.82 Å². The standard InChI is InChI=1S/C18H16F3N3O.C5H10O/c19-11-5-8(18(21)3-4-18)6-12(20)15(11)16-10-7-9-1-2-13(25-9)14(10)17(22)24-23-16;1-6-5-3-2-4-5/h5-6,9,13H,1-4,7H2,(H2,22,24);5H,2-4H2,1H3/t9?,13-;/m1./s1. The zero-order chi connectivity index (χ0) is 21.8. The molecule has 0 radical (unpaired) electrons. The molecule has 1 unspecified atom stereocenters. The summed E-state index contributed by atoms with van der Waals surface area (Å²) >= 11 is 0. The second-order valence-electron chi connectivity index (χ2n) is 8.92. The van der Waals surface area contributed by atoms with Crippen LogP contribution in [0.2, 0.25) is 0 Å². The zero-order valence-electron chi connectivity index (χ0n) is 17.5. The summed E-state index contributed by atoms with van der Waals surface area (Å²) in [6, 6.07) is 2.15. The normalized spacial score (nSPS) is 25.3. The molecule has 4 aliphatic rings. The van der Waals surface area contributed by atoms with Gasteiger partial charge in [-0.1, -0.05) is 0 Å². The van der Waals surface area contributed by atoms with E-state index in [4.69, 9.17) is 15.2 Å². The summed E-state index contributed by atoms with van der Waals surface area (Å²) in [5.74, 6) is -1.40. The molecule has 6 rings (SSSR count). The summed E-state index contributed by atoms with van der Waals surface area (Å²) < 4.78 is 54.4. The molecule has 2 N–H and O–H groups in total. The highest BCUT2D eigenvalue weighted by Gasteiger charge is 2.46. The van der Waals surface area contributed by atoms with E-state index in [0.29, 0.717) is 36.5 Å². The molecule has 31 heavy (non-hydrogen) atoms. The fourth-order valence-corrected chi connectivity index (χ4v) is 4.63. The van der Waals surface area contributed by atoms with E-state index in [2.05, 4.69) is 10.2 Å². The fraction of sp³-hybridized carbons (Fsp3) is 0.565. The number of anilines is 1. The van der Waals surface area contributed by atoms with Crippen LogP contribution in [0.1, 0.15) is 67.7 Å². The SMILES string of the molecule is COC1CCC1.Nc1nnc(-c2c(F)cc(C3(F)CC3)cc2F)c2c1[C@H]1CCC(C2)O1. The van der Waals surface area contributed by atoms with Crippen molar-refractivity contribution in [2.24, 2.45) is 0 Å². The highest BCUT2D eigenvalue weighted by Crippen LogP contribution is 2.51. The highest BCUT2D eigenvalue weighted by atomic mass is 19.1. The fourth-order valence-electron chi connectivity index (χ4n) is 4.63. The molecule has 8 heteroatoms. The molecule has 3 heterocycles. The quantitative estimate of drug-likeness (QED) is 0.744. The van der Waals surface area contributed by atoms with Gasteiger partial charge in [0, 0.05) is 19.1 Å². The molecule has 166 valence electrons. The number of rotatable bonds is 3. The van der Waals surface area contributed by atoms with Crippen molar-refractivity contribution in [1.82, 2.24) is 10.2 Å². The van der Waals surface area contributed by atoms with Crippen molar-refractivity contribution in [3.63, 3.8) is 0 Å². The van der Waals surface area contributed by atoms with E-state index in [0.717, 1.165) is 25.0 Å². The predicted molar refractivity (Wildman–Crippen MR) is 109 cm³/mol. The predicted octanol–water partition coefficient (Wildman–Crippen LogP) is 4.92. The van der Waals surface area contributed by atoms with Gasteiger partial charge in [-0.2, -0.15) is 0 Å². The Kier molecular flexibility index (Phi) is 5.17. The highest BCUT2D eigenvalue weighted by molar-refractivity contribution is 5.69. The Balaban J connectivity index is 0.000000296. The second-order valence-corrected chi connectivity index (χ2v) is 8.92. The van der Waals surface area contributed by atoms with E-state index >= 15 is 0 Å². The molecule has 0 amide bonds. The number of ether oxygens (including phenoxy) is 2. The minimum atomic E-state index is -1.60. The van der Waals surface area contributed by atoms with Gasteiger partial charge in [0.2, 0.25) is 0 Å². The van der Waals surface area contributed by atoms with Gasteiger partial charge in [0.1, 0.15) is 23.0 Å². The van der Waals surface area contributed by atoms with Crippen LogP contribution < -0.4 is 5.73 Å². The summed E-state index contributed by atoms with van der Waals surface area (Å²) in [7, 11) is 1.78. The van der Waals surface area contributed by atoms with Crippen molar-refractivity contribution < 1.29 is 22.6 Å². The smallest absolute Gasteiger partial charge is 0.152 e. The Morgan fingerprint density at radius 3 is 2.35 bits per heavy atom. The lowest BCUT2D eigenvalue weighted by molar-refractivity contribution is 0.0326. The minimum absolute atomic E-state index is 0.00539. The number of alkyl halides is 1. The first-order chi connectivity index (χ1) is 14.9. The maximum absolute atomic E-state index is 14.7. The number of fused-ring (bicyclic) bond motifs is 4. The third-order valence-corrected chi connectivity index (χ3v) is 6.88. The number of nitrogens with two attached hydrogens (primary N) is 1. The molecule has 0 spiro atoms. The monoisotopic (exact) mass is 433 g/mol.